The van der Waals surface area contributed by atoms with Crippen LogP contribution in [0.25, 0.3) is 0 Å². The summed E-state index contributed by atoms with van der Waals surface area (Å²) in [5.74, 6) is 0. The molecule has 0 saturated carbocycles. The molecule has 9 heteroatoms. The second-order valence-electron chi connectivity index (χ2n) is 2.73. The minimum absolute atomic E-state index is 0.137. The Labute approximate surface area is 105 Å². The van der Waals surface area contributed by atoms with Gasteiger partial charge in [-0.25, -0.2) is 0 Å². The molecule has 0 aliphatic heterocycles. The first kappa shape index (κ1) is 18.5. The molecule has 1 N–H and O–H groups in total. The zero-order valence-electron chi connectivity index (χ0n) is 10.2. The van der Waals surface area contributed by atoms with E-state index in [9.17, 15) is 18.5 Å². The zero-order chi connectivity index (χ0) is 14.6. The van der Waals surface area contributed by atoms with E-state index in [1.54, 1.807) is 32.3 Å². The van der Waals surface area contributed by atoms with E-state index in [-0.39, 0.29) is 5.69 Å². The average Bonchev–Trinajstić information content (AvgIpc) is 2.28. The van der Waals surface area contributed by atoms with Crippen molar-refractivity contribution in [2.24, 2.45) is 10.2 Å². The molecule has 0 bridgehead atoms. The summed E-state index contributed by atoms with van der Waals surface area (Å²) in [4.78, 5) is 9.59. The minimum Gasteiger partial charge on any atom is -0.286 e. The van der Waals surface area contributed by atoms with Crippen LogP contribution < -0.4 is 0 Å². The Hall–Kier alpha value is -1.87. The van der Waals surface area contributed by atoms with Crippen LogP contribution in [0.4, 0.5) is 5.69 Å². The molecule has 0 spiro atoms. The standard InChI is InChI=1S/C6H5NO2.C2H6N2.CH4O3S/c8-7(9)6-4-2-1-3-5-6;1-3-4-2;1-5(2,3)4/h1-5H;1-2H3;1H3,(H,2,3,4). The second kappa shape index (κ2) is 10.3. The molecule has 0 radical (unpaired) electrons. The lowest BCUT2D eigenvalue weighted by Gasteiger charge is -1.85. The van der Waals surface area contributed by atoms with Crippen LogP contribution in [0, 0.1) is 10.1 Å². The van der Waals surface area contributed by atoms with Crippen LogP contribution in [0.1, 0.15) is 0 Å². The predicted octanol–water partition coefficient (Wildman–Crippen LogP) is 1.80. The quantitative estimate of drug-likeness (QED) is 0.363. The Morgan fingerprint density at radius 3 is 1.67 bits per heavy atom. The number of hydrogen-bond acceptors (Lipinski definition) is 6. The summed E-state index contributed by atoms with van der Waals surface area (Å²) < 4.78 is 25.9. The van der Waals surface area contributed by atoms with Gasteiger partial charge in [-0.3, -0.25) is 14.7 Å². The molecule has 1 rings (SSSR count). The van der Waals surface area contributed by atoms with Crippen LogP contribution in [0.15, 0.2) is 40.6 Å². The van der Waals surface area contributed by atoms with Crippen LogP contribution in [0.2, 0.25) is 0 Å². The summed E-state index contributed by atoms with van der Waals surface area (Å²) in [5.41, 5.74) is 0.137. The molecule has 102 valence electrons. The van der Waals surface area contributed by atoms with Crippen LogP contribution in [0.5, 0.6) is 0 Å². The summed E-state index contributed by atoms with van der Waals surface area (Å²) in [5, 5.41) is 16.7. The Morgan fingerprint density at radius 2 is 1.50 bits per heavy atom. The molecule has 0 unspecified atom stereocenters. The molecule has 0 amide bonds. The molecule has 0 aliphatic carbocycles. The van der Waals surface area contributed by atoms with E-state index in [4.69, 9.17) is 4.55 Å². The summed E-state index contributed by atoms with van der Waals surface area (Å²) in [7, 11) is -0.389. The van der Waals surface area contributed by atoms with Gasteiger partial charge in [0, 0.05) is 26.2 Å². The van der Waals surface area contributed by atoms with Gasteiger partial charge in [0.05, 0.1) is 11.2 Å². The van der Waals surface area contributed by atoms with E-state index in [0.717, 1.165) is 0 Å². The normalized spacial score (nSPS) is 9.78. The van der Waals surface area contributed by atoms with Gasteiger partial charge in [-0.15, -0.1) is 0 Å². The monoisotopic (exact) mass is 277 g/mol. The number of nitro benzene ring substituents is 1. The maximum atomic E-state index is 10.0. The van der Waals surface area contributed by atoms with Gasteiger partial charge >= 0.3 is 0 Å². The number of azo groups is 1. The smallest absolute Gasteiger partial charge is 0.269 e. The number of nitro groups is 1. The van der Waals surface area contributed by atoms with Crippen molar-refractivity contribution in [1.82, 2.24) is 0 Å². The van der Waals surface area contributed by atoms with Crippen molar-refractivity contribution in [2.75, 3.05) is 20.4 Å². The summed E-state index contributed by atoms with van der Waals surface area (Å²) in [6, 6.07) is 7.93. The van der Waals surface area contributed by atoms with Gasteiger partial charge in [-0.2, -0.15) is 18.6 Å². The highest BCUT2D eigenvalue weighted by Gasteiger charge is 1.98. The van der Waals surface area contributed by atoms with Gasteiger partial charge in [0.1, 0.15) is 0 Å². The van der Waals surface area contributed by atoms with Crippen molar-refractivity contribution in [2.45, 2.75) is 0 Å². The first-order valence-corrected chi connectivity index (χ1v) is 6.37. The topological polar surface area (TPSA) is 122 Å². The van der Waals surface area contributed by atoms with Crippen LogP contribution in [-0.4, -0.2) is 38.2 Å². The van der Waals surface area contributed by atoms with Gasteiger partial charge in [-0.1, -0.05) is 18.2 Å². The molecule has 0 saturated heterocycles. The predicted molar refractivity (Wildman–Crippen MR) is 67.3 cm³/mol. The van der Waals surface area contributed by atoms with E-state index >= 15 is 0 Å². The first-order valence-electron chi connectivity index (χ1n) is 4.52. The van der Waals surface area contributed by atoms with Crippen molar-refractivity contribution < 1.29 is 17.9 Å². The fourth-order valence-corrected chi connectivity index (χ4v) is 0.550. The lowest BCUT2D eigenvalue weighted by molar-refractivity contribution is -0.384. The first-order chi connectivity index (χ1) is 8.22. The van der Waals surface area contributed by atoms with Gasteiger partial charge in [0.2, 0.25) is 0 Å². The SMILES string of the molecule is CN=NC.CS(=O)(=O)O.O=[N+]([O-])c1ccccc1. The molecule has 0 heterocycles. The minimum atomic E-state index is -3.67. The lowest BCUT2D eigenvalue weighted by Crippen LogP contribution is -1.88. The van der Waals surface area contributed by atoms with Crippen LogP contribution >= 0.6 is 0 Å². The van der Waals surface area contributed by atoms with Gasteiger partial charge < -0.3 is 0 Å². The van der Waals surface area contributed by atoms with E-state index in [1.165, 1.54) is 12.1 Å². The maximum absolute atomic E-state index is 10.0. The zero-order valence-corrected chi connectivity index (χ0v) is 11.0. The van der Waals surface area contributed by atoms with Gasteiger partial charge in [-0.05, 0) is 0 Å². The van der Waals surface area contributed by atoms with Crippen LogP contribution in [0.3, 0.4) is 0 Å². The fraction of sp³-hybridized carbons (Fsp3) is 0.333. The van der Waals surface area contributed by atoms with E-state index in [0.29, 0.717) is 6.26 Å². The Bertz CT molecular complexity index is 446. The molecular weight excluding hydrogens is 262 g/mol. The molecule has 18 heavy (non-hydrogen) atoms. The highest BCUT2D eigenvalue weighted by molar-refractivity contribution is 7.85. The van der Waals surface area contributed by atoms with Crippen molar-refractivity contribution >= 4 is 15.8 Å². The van der Waals surface area contributed by atoms with Crippen molar-refractivity contribution in [3.63, 3.8) is 0 Å². The number of nitrogens with zero attached hydrogens (tertiary/aromatic N) is 3. The fourth-order valence-electron chi connectivity index (χ4n) is 0.550. The third-order valence-electron chi connectivity index (χ3n) is 1.17. The lowest BCUT2D eigenvalue weighted by atomic mass is 10.3. The molecule has 8 nitrogen and oxygen atoms in total. The molecule has 1 aromatic rings. The van der Waals surface area contributed by atoms with Crippen LogP contribution in [-0.2, 0) is 10.1 Å². The molecule has 0 atom stereocenters. The summed E-state index contributed by atoms with van der Waals surface area (Å²) >= 11 is 0. The molecule has 0 aromatic heterocycles. The third kappa shape index (κ3) is 19.7. The number of benzene rings is 1. The number of hydrogen-bond donors (Lipinski definition) is 1. The number of rotatable bonds is 1. The number of para-hydroxylation sites is 1. The third-order valence-corrected chi connectivity index (χ3v) is 1.17. The van der Waals surface area contributed by atoms with Gasteiger partial charge in [0.25, 0.3) is 15.8 Å². The van der Waals surface area contributed by atoms with Crippen molar-refractivity contribution in [3.8, 4) is 0 Å². The van der Waals surface area contributed by atoms with E-state index < -0.39 is 15.0 Å². The van der Waals surface area contributed by atoms with E-state index in [1.807, 2.05) is 0 Å². The van der Waals surface area contributed by atoms with E-state index in [2.05, 4.69) is 10.2 Å². The molecule has 0 aliphatic rings. The molecule has 1 aromatic carbocycles. The summed E-state index contributed by atoms with van der Waals surface area (Å²) in [6.45, 7) is 0. The highest BCUT2D eigenvalue weighted by atomic mass is 32.2. The molecular formula is C9H15N3O5S. The maximum Gasteiger partial charge on any atom is 0.269 e. The summed E-state index contributed by atoms with van der Waals surface area (Å²) in [6.07, 6.45) is 0.715. The Balaban J connectivity index is 0. The number of non-ortho nitro benzene ring substituents is 1. The van der Waals surface area contributed by atoms with Crippen molar-refractivity contribution in [3.05, 3.63) is 40.4 Å². The van der Waals surface area contributed by atoms with Gasteiger partial charge in [0.15, 0.2) is 0 Å². The Kier molecular flexibility index (Phi) is 10.6. The molecule has 0 fully saturated rings. The van der Waals surface area contributed by atoms with Crippen molar-refractivity contribution in [1.29, 1.82) is 0 Å². The average molecular weight is 277 g/mol. The largest absolute Gasteiger partial charge is 0.286 e. The highest BCUT2D eigenvalue weighted by Crippen LogP contribution is 2.06. The Morgan fingerprint density at radius 1 is 1.17 bits per heavy atom. The second-order valence-corrected chi connectivity index (χ2v) is 4.19.